The molecule has 1 heterocycles. The summed E-state index contributed by atoms with van der Waals surface area (Å²) in [6.07, 6.45) is 0.948. The zero-order valence-electron chi connectivity index (χ0n) is 11.8. The number of aromatic nitrogens is 1. The Morgan fingerprint density at radius 1 is 1.40 bits per heavy atom. The lowest BCUT2D eigenvalue weighted by Crippen LogP contribution is -2.22. The molecule has 2 aromatic rings. The second-order valence-electron chi connectivity index (χ2n) is 4.68. The number of hydrogen-bond acceptors (Lipinski definition) is 4. The van der Waals surface area contributed by atoms with E-state index >= 15 is 0 Å². The zero-order chi connectivity index (χ0) is 14.5. The summed E-state index contributed by atoms with van der Waals surface area (Å²) in [6.45, 7) is 1.61. The molecule has 0 fully saturated rings. The maximum atomic E-state index is 5.84. The van der Waals surface area contributed by atoms with Gasteiger partial charge in [0.2, 0.25) is 0 Å². The molecule has 2 N–H and O–H groups in total. The van der Waals surface area contributed by atoms with Crippen molar-refractivity contribution in [3.8, 4) is 0 Å². The second kappa shape index (κ2) is 6.63. The fourth-order valence-electron chi connectivity index (χ4n) is 2.12. The highest BCUT2D eigenvalue weighted by atomic mass is 32.1. The van der Waals surface area contributed by atoms with Gasteiger partial charge in [-0.15, -0.1) is 0 Å². The Balaban J connectivity index is 2.37. The Hall–Kier alpha value is -1.72. The minimum absolute atomic E-state index is 0.398. The molecular formula is C15H19N3OS. The summed E-state index contributed by atoms with van der Waals surface area (Å²) in [5.41, 5.74) is 7.62. The Morgan fingerprint density at radius 2 is 2.15 bits per heavy atom. The molecule has 0 aliphatic carbocycles. The number of para-hydroxylation sites is 1. The van der Waals surface area contributed by atoms with Gasteiger partial charge in [0.25, 0.3) is 0 Å². The van der Waals surface area contributed by atoms with E-state index in [1.807, 2.05) is 37.4 Å². The van der Waals surface area contributed by atoms with E-state index in [1.54, 1.807) is 7.11 Å². The van der Waals surface area contributed by atoms with E-state index in [2.05, 4.69) is 9.88 Å². The number of ether oxygens (including phenoxy) is 1. The van der Waals surface area contributed by atoms with Crippen LogP contribution in [-0.2, 0) is 4.74 Å². The van der Waals surface area contributed by atoms with Gasteiger partial charge in [-0.2, -0.15) is 0 Å². The average molecular weight is 289 g/mol. The van der Waals surface area contributed by atoms with Crippen LogP contribution in [-0.4, -0.2) is 37.3 Å². The van der Waals surface area contributed by atoms with Crippen molar-refractivity contribution in [3.05, 3.63) is 35.9 Å². The van der Waals surface area contributed by atoms with Crippen LogP contribution in [0.15, 0.2) is 30.3 Å². The highest BCUT2D eigenvalue weighted by Crippen LogP contribution is 2.22. The third kappa shape index (κ3) is 3.23. The molecule has 2 rings (SSSR count). The zero-order valence-corrected chi connectivity index (χ0v) is 12.6. The maximum Gasteiger partial charge on any atom is 0.129 e. The third-order valence-corrected chi connectivity index (χ3v) is 3.42. The predicted octanol–water partition coefficient (Wildman–Crippen LogP) is 2.34. The molecule has 0 aliphatic rings. The number of rotatable bonds is 6. The van der Waals surface area contributed by atoms with Gasteiger partial charge in [0.05, 0.1) is 5.52 Å². The molecule has 0 spiro atoms. The van der Waals surface area contributed by atoms with E-state index < -0.39 is 0 Å². The van der Waals surface area contributed by atoms with Gasteiger partial charge >= 0.3 is 0 Å². The summed E-state index contributed by atoms with van der Waals surface area (Å²) in [5, 5.41) is 0.994. The molecule has 1 aromatic carbocycles. The van der Waals surface area contributed by atoms with Crippen molar-refractivity contribution in [3.63, 3.8) is 0 Å². The maximum absolute atomic E-state index is 5.84. The third-order valence-electron chi connectivity index (χ3n) is 3.20. The number of nitrogens with two attached hydrogens (primary N) is 1. The van der Waals surface area contributed by atoms with Crippen LogP contribution in [0.4, 0.5) is 5.82 Å². The molecule has 0 saturated carbocycles. The van der Waals surface area contributed by atoms with Crippen LogP contribution < -0.4 is 10.6 Å². The topological polar surface area (TPSA) is 51.4 Å². The van der Waals surface area contributed by atoms with Gasteiger partial charge in [-0.3, -0.25) is 0 Å². The van der Waals surface area contributed by atoms with Crippen molar-refractivity contribution in [1.29, 1.82) is 0 Å². The Bertz CT molecular complexity index is 615. The SMILES string of the molecule is COCCCN(C)c1cc(C(N)=S)c2ccccc2n1. The summed E-state index contributed by atoms with van der Waals surface area (Å²) in [5.74, 6) is 0.877. The predicted molar refractivity (Wildman–Crippen MR) is 87.4 cm³/mol. The summed E-state index contributed by atoms with van der Waals surface area (Å²) < 4.78 is 5.07. The number of fused-ring (bicyclic) bond motifs is 1. The van der Waals surface area contributed by atoms with Crippen LogP contribution in [0.2, 0.25) is 0 Å². The van der Waals surface area contributed by atoms with Crippen molar-refractivity contribution in [2.75, 3.05) is 32.2 Å². The summed E-state index contributed by atoms with van der Waals surface area (Å²) in [4.78, 5) is 7.16. The number of methoxy groups -OCH3 is 1. The van der Waals surface area contributed by atoms with E-state index in [-0.39, 0.29) is 0 Å². The molecule has 0 amide bonds. The monoisotopic (exact) mass is 289 g/mol. The quantitative estimate of drug-likeness (QED) is 0.653. The molecule has 0 atom stereocenters. The largest absolute Gasteiger partial charge is 0.389 e. The molecule has 0 saturated heterocycles. The van der Waals surface area contributed by atoms with Crippen molar-refractivity contribution < 1.29 is 4.74 Å². The molecule has 20 heavy (non-hydrogen) atoms. The van der Waals surface area contributed by atoms with Crippen molar-refractivity contribution in [2.45, 2.75) is 6.42 Å². The number of pyridine rings is 1. The number of anilines is 1. The highest BCUT2D eigenvalue weighted by molar-refractivity contribution is 7.80. The van der Waals surface area contributed by atoms with Crippen LogP contribution in [0.5, 0.6) is 0 Å². The molecule has 4 nitrogen and oxygen atoms in total. The summed E-state index contributed by atoms with van der Waals surface area (Å²) >= 11 is 5.15. The fourth-order valence-corrected chi connectivity index (χ4v) is 2.29. The summed E-state index contributed by atoms with van der Waals surface area (Å²) in [6, 6.07) is 9.85. The molecule has 0 unspecified atom stereocenters. The van der Waals surface area contributed by atoms with Gasteiger partial charge in [-0.05, 0) is 18.6 Å². The first-order chi connectivity index (χ1) is 9.63. The van der Waals surface area contributed by atoms with Crippen molar-refractivity contribution in [2.24, 2.45) is 5.73 Å². The van der Waals surface area contributed by atoms with Gasteiger partial charge in [0.1, 0.15) is 10.8 Å². The smallest absolute Gasteiger partial charge is 0.129 e. The van der Waals surface area contributed by atoms with Gasteiger partial charge < -0.3 is 15.4 Å². The van der Waals surface area contributed by atoms with Gasteiger partial charge in [-0.1, -0.05) is 30.4 Å². The number of benzene rings is 1. The van der Waals surface area contributed by atoms with E-state index in [0.717, 1.165) is 41.9 Å². The van der Waals surface area contributed by atoms with Crippen LogP contribution in [0.1, 0.15) is 12.0 Å². The first-order valence-electron chi connectivity index (χ1n) is 6.53. The molecule has 0 bridgehead atoms. The molecule has 106 valence electrons. The lowest BCUT2D eigenvalue weighted by molar-refractivity contribution is 0.196. The fraction of sp³-hybridized carbons (Fsp3) is 0.333. The van der Waals surface area contributed by atoms with E-state index in [9.17, 15) is 0 Å². The highest BCUT2D eigenvalue weighted by Gasteiger charge is 2.10. The number of nitrogens with zero attached hydrogens (tertiary/aromatic N) is 2. The molecule has 0 aliphatic heterocycles. The minimum atomic E-state index is 0.398. The van der Waals surface area contributed by atoms with E-state index in [4.69, 9.17) is 22.7 Å². The standard InChI is InChI=1S/C15H19N3OS/c1-18(8-5-9-19-2)14-10-12(15(16)20)11-6-3-4-7-13(11)17-14/h3-4,6-7,10H,5,8-9H2,1-2H3,(H2,16,20). The van der Waals surface area contributed by atoms with E-state index in [1.165, 1.54) is 0 Å². The van der Waals surface area contributed by atoms with E-state index in [0.29, 0.717) is 4.99 Å². The second-order valence-corrected chi connectivity index (χ2v) is 5.12. The van der Waals surface area contributed by atoms with Crippen LogP contribution in [0.3, 0.4) is 0 Å². The lowest BCUT2D eigenvalue weighted by atomic mass is 10.1. The van der Waals surface area contributed by atoms with Crippen LogP contribution >= 0.6 is 12.2 Å². The van der Waals surface area contributed by atoms with Gasteiger partial charge in [-0.25, -0.2) is 4.98 Å². The van der Waals surface area contributed by atoms with Crippen LogP contribution in [0, 0.1) is 0 Å². The molecule has 5 heteroatoms. The Morgan fingerprint density at radius 3 is 2.85 bits per heavy atom. The average Bonchev–Trinajstić information content (AvgIpc) is 2.46. The van der Waals surface area contributed by atoms with Gasteiger partial charge in [0.15, 0.2) is 0 Å². The van der Waals surface area contributed by atoms with Gasteiger partial charge in [0, 0.05) is 38.3 Å². The number of thiocarbonyl (C=S) groups is 1. The first-order valence-corrected chi connectivity index (χ1v) is 6.94. The van der Waals surface area contributed by atoms with Crippen molar-refractivity contribution in [1.82, 2.24) is 4.98 Å². The molecule has 1 aromatic heterocycles. The minimum Gasteiger partial charge on any atom is -0.389 e. The Labute approximate surface area is 124 Å². The number of hydrogen-bond donors (Lipinski definition) is 1. The normalized spacial score (nSPS) is 10.7. The van der Waals surface area contributed by atoms with Crippen molar-refractivity contribution >= 4 is 33.9 Å². The van der Waals surface area contributed by atoms with Crippen LogP contribution in [0.25, 0.3) is 10.9 Å². The Kier molecular flexibility index (Phi) is 4.87. The summed E-state index contributed by atoms with van der Waals surface area (Å²) in [7, 11) is 3.72. The lowest BCUT2D eigenvalue weighted by Gasteiger charge is -2.19. The first kappa shape index (κ1) is 14.7. The molecule has 0 radical (unpaired) electrons. The molecular weight excluding hydrogens is 270 g/mol.